The van der Waals surface area contributed by atoms with Crippen molar-refractivity contribution < 1.29 is 18.8 Å². The molecule has 2 heterocycles. The molecule has 1 N–H and O–H groups in total. The smallest absolute Gasteiger partial charge is 0.325 e. The van der Waals surface area contributed by atoms with E-state index in [2.05, 4.69) is 5.32 Å². The third-order valence-electron chi connectivity index (χ3n) is 8.46. The highest BCUT2D eigenvalue weighted by molar-refractivity contribution is 6.06. The molecule has 7 rings (SSSR count). The van der Waals surface area contributed by atoms with Crippen LogP contribution in [0.5, 0.6) is 0 Å². The van der Waals surface area contributed by atoms with E-state index in [9.17, 15) is 14.4 Å². The first-order chi connectivity index (χ1) is 16.5. The maximum atomic E-state index is 13.8. The molecule has 34 heavy (non-hydrogen) atoms. The van der Waals surface area contributed by atoms with E-state index < -0.39 is 12.1 Å². The first-order valence-corrected chi connectivity index (χ1v) is 12.5. The highest BCUT2D eigenvalue weighted by Gasteiger charge is 2.55. The van der Waals surface area contributed by atoms with Crippen LogP contribution < -0.4 is 5.32 Å². The summed E-state index contributed by atoms with van der Waals surface area (Å²) in [5, 5.41) is 2.78. The van der Waals surface area contributed by atoms with Crippen molar-refractivity contribution >= 4 is 17.8 Å². The molecule has 7 nitrogen and oxygen atoms in total. The Labute approximate surface area is 199 Å². The van der Waals surface area contributed by atoms with Crippen molar-refractivity contribution in [2.45, 2.75) is 63.1 Å². The molecule has 4 bridgehead atoms. The van der Waals surface area contributed by atoms with Gasteiger partial charge in [-0.15, -0.1) is 0 Å². The summed E-state index contributed by atoms with van der Waals surface area (Å²) in [5.74, 6) is 2.26. The van der Waals surface area contributed by atoms with Crippen LogP contribution in [0.2, 0.25) is 0 Å². The molecule has 2 aromatic rings. The minimum absolute atomic E-state index is 0.165. The van der Waals surface area contributed by atoms with Crippen molar-refractivity contribution in [2.24, 2.45) is 17.8 Å². The zero-order chi connectivity index (χ0) is 23.3. The second kappa shape index (κ2) is 8.29. The number of furan rings is 1. The molecule has 0 spiro atoms. The summed E-state index contributed by atoms with van der Waals surface area (Å²) in [6.07, 6.45) is 8.92. The Morgan fingerprint density at radius 1 is 1.00 bits per heavy atom. The molecule has 0 radical (unpaired) electrons. The van der Waals surface area contributed by atoms with Gasteiger partial charge >= 0.3 is 6.03 Å². The lowest BCUT2D eigenvalue weighted by Crippen LogP contribution is -2.62. The zero-order valence-electron chi connectivity index (χ0n) is 19.3. The average molecular weight is 462 g/mol. The number of nitrogens with one attached hydrogen (secondary N) is 1. The molecule has 4 amide bonds. The lowest BCUT2D eigenvalue weighted by atomic mass is 9.52. The highest BCUT2D eigenvalue weighted by Crippen LogP contribution is 2.58. The lowest BCUT2D eigenvalue weighted by molar-refractivity contribution is -0.155. The maximum absolute atomic E-state index is 13.8. The van der Waals surface area contributed by atoms with Crippen LogP contribution in [0.3, 0.4) is 0 Å². The van der Waals surface area contributed by atoms with E-state index in [1.54, 1.807) is 6.26 Å². The fourth-order valence-corrected chi connectivity index (χ4v) is 7.41. The maximum Gasteiger partial charge on any atom is 0.325 e. The predicted octanol–water partition coefficient (Wildman–Crippen LogP) is 3.74. The summed E-state index contributed by atoms with van der Waals surface area (Å²) in [6.45, 7) is 0.160. The van der Waals surface area contributed by atoms with Crippen LogP contribution in [0, 0.1) is 17.8 Å². The van der Waals surface area contributed by atoms with Crippen molar-refractivity contribution in [2.75, 3.05) is 6.54 Å². The van der Waals surface area contributed by atoms with Gasteiger partial charge in [-0.2, -0.15) is 0 Å². The first-order valence-electron chi connectivity index (χ1n) is 12.5. The topological polar surface area (TPSA) is 82.9 Å². The number of hydrogen-bond donors (Lipinski definition) is 1. The summed E-state index contributed by atoms with van der Waals surface area (Å²) in [7, 11) is 0. The summed E-state index contributed by atoms with van der Waals surface area (Å²) < 4.78 is 5.62. The van der Waals surface area contributed by atoms with E-state index in [0.717, 1.165) is 35.5 Å². The second-order valence-electron chi connectivity index (χ2n) is 10.8. The van der Waals surface area contributed by atoms with Crippen LogP contribution in [-0.4, -0.2) is 45.8 Å². The Kier molecular flexibility index (Phi) is 5.23. The van der Waals surface area contributed by atoms with Gasteiger partial charge < -0.3 is 14.6 Å². The zero-order valence-corrected chi connectivity index (χ0v) is 19.3. The fourth-order valence-electron chi connectivity index (χ4n) is 7.41. The Morgan fingerprint density at radius 3 is 2.29 bits per heavy atom. The molecule has 178 valence electrons. The minimum Gasteiger partial charge on any atom is -0.467 e. The van der Waals surface area contributed by atoms with Gasteiger partial charge in [-0.05, 0) is 74.0 Å². The number of hydrogen-bond acceptors (Lipinski definition) is 4. The molecule has 0 unspecified atom stereocenters. The van der Waals surface area contributed by atoms with Gasteiger partial charge in [0.15, 0.2) is 0 Å². The lowest BCUT2D eigenvalue weighted by Gasteiger charge is -2.60. The van der Waals surface area contributed by atoms with E-state index in [0.29, 0.717) is 30.7 Å². The minimum atomic E-state index is -0.638. The van der Waals surface area contributed by atoms with Crippen LogP contribution in [0.15, 0.2) is 53.1 Å². The summed E-state index contributed by atoms with van der Waals surface area (Å²) >= 11 is 0. The highest BCUT2D eigenvalue weighted by atomic mass is 16.3. The van der Waals surface area contributed by atoms with Gasteiger partial charge in [0.05, 0.1) is 12.8 Å². The molecule has 7 heteroatoms. The van der Waals surface area contributed by atoms with Crippen LogP contribution in [0.4, 0.5) is 4.79 Å². The number of rotatable bonds is 7. The van der Waals surface area contributed by atoms with Gasteiger partial charge in [-0.1, -0.05) is 30.3 Å². The van der Waals surface area contributed by atoms with Crippen molar-refractivity contribution in [1.82, 2.24) is 15.1 Å². The number of carbonyl (C=O) groups excluding carboxylic acids is 3. The van der Waals surface area contributed by atoms with Crippen molar-refractivity contribution in [3.05, 3.63) is 60.1 Å². The Morgan fingerprint density at radius 2 is 1.68 bits per heavy atom. The van der Waals surface area contributed by atoms with Crippen LogP contribution in [0.25, 0.3) is 0 Å². The number of carbonyl (C=O) groups is 3. The molecule has 1 aromatic heterocycles. The molecule has 4 aliphatic carbocycles. The van der Waals surface area contributed by atoms with E-state index in [-0.39, 0.29) is 23.9 Å². The van der Waals surface area contributed by atoms with Crippen LogP contribution >= 0.6 is 0 Å². The van der Waals surface area contributed by atoms with Crippen LogP contribution in [0.1, 0.15) is 49.8 Å². The largest absolute Gasteiger partial charge is 0.467 e. The van der Waals surface area contributed by atoms with E-state index >= 15 is 0 Å². The van der Waals surface area contributed by atoms with Crippen LogP contribution in [-0.2, 0) is 22.6 Å². The fraction of sp³-hybridized carbons (Fsp3) is 0.519. The molecule has 1 aromatic carbocycles. The standard InChI is InChI=1S/C27H31N3O4/c31-24(17-29-25(32)23(28-26(29)33)12-18-5-2-1-3-6-18)30(16-22-7-4-8-34-22)27-13-19-9-20(14-27)11-21(10-19)15-27/h1-8,19-21,23H,9-17H2,(H,28,33)/t19?,20?,21?,23-,27?/m0/s1. The number of amides is 4. The summed E-state index contributed by atoms with van der Waals surface area (Å²) in [6, 6.07) is 12.2. The van der Waals surface area contributed by atoms with Crippen molar-refractivity contribution in [3.63, 3.8) is 0 Å². The second-order valence-corrected chi connectivity index (χ2v) is 10.8. The predicted molar refractivity (Wildman–Crippen MR) is 124 cm³/mol. The number of benzene rings is 1. The Balaban J connectivity index is 1.22. The van der Waals surface area contributed by atoms with Gasteiger partial charge in [0.1, 0.15) is 18.3 Å². The van der Waals surface area contributed by atoms with Crippen molar-refractivity contribution in [3.8, 4) is 0 Å². The van der Waals surface area contributed by atoms with Gasteiger partial charge in [0.25, 0.3) is 5.91 Å². The molecule has 1 saturated heterocycles. The van der Waals surface area contributed by atoms with Crippen molar-refractivity contribution in [1.29, 1.82) is 0 Å². The normalized spacial score (nSPS) is 31.7. The SMILES string of the molecule is O=C1N[C@@H](Cc2ccccc2)C(=O)N1CC(=O)N(Cc1ccco1)C12CC3CC(CC(C3)C1)C2. The molecule has 5 fully saturated rings. The van der Waals surface area contributed by atoms with E-state index in [1.165, 1.54) is 19.3 Å². The molecule has 1 aliphatic heterocycles. The third-order valence-corrected chi connectivity index (χ3v) is 8.46. The molecule has 5 aliphatic rings. The average Bonchev–Trinajstić information content (AvgIpc) is 3.41. The van der Waals surface area contributed by atoms with E-state index in [4.69, 9.17) is 4.42 Å². The van der Waals surface area contributed by atoms with Gasteiger partial charge in [0.2, 0.25) is 5.91 Å². The third kappa shape index (κ3) is 3.81. The monoisotopic (exact) mass is 461 g/mol. The summed E-state index contributed by atoms with van der Waals surface area (Å²) in [5.41, 5.74) is 0.781. The molecular weight excluding hydrogens is 430 g/mol. The van der Waals surface area contributed by atoms with E-state index in [1.807, 2.05) is 47.4 Å². The van der Waals surface area contributed by atoms with Gasteiger partial charge in [-0.3, -0.25) is 14.5 Å². The Hall–Kier alpha value is -3.09. The molecular formula is C27H31N3O4. The molecule has 1 atom stereocenters. The number of urea groups is 1. The first kappa shape index (κ1) is 21.4. The number of imide groups is 1. The van der Waals surface area contributed by atoms with Gasteiger partial charge in [-0.25, -0.2) is 4.79 Å². The quantitative estimate of drug-likeness (QED) is 0.637. The van der Waals surface area contributed by atoms with Gasteiger partial charge in [0, 0.05) is 12.0 Å². The molecule has 4 saturated carbocycles. The summed E-state index contributed by atoms with van der Waals surface area (Å²) in [4.78, 5) is 42.7. The Bertz CT molecular complexity index is 1050. The number of nitrogens with zero attached hydrogens (tertiary/aromatic N) is 2.